The second-order valence-corrected chi connectivity index (χ2v) is 11.3. The SMILES string of the molecule is CC(C)n1cncc1Cn1c(CN2CCC(n3ccc(OCc4ccc(C#N)cc4F)n3)CC2)nc2ccc(C(=O)[O-])cc21. The van der Waals surface area contributed by atoms with Crippen LogP contribution in [0.25, 0.3) is 11.0 Å². The van der Waals surface area contributed by atoms with Crippen molar-refractivity contribution in [2.75, 3.05) is 13.1 Å². The molecule has 0 unspecified atom stereocenters. The number of hydrogen-bond acceptors (Lipinski definition) is 8. The molecule has 11 nitrogen and oxygen atoms in total. The van der Waals surface area contributed by atoms with Gasteiger partial charge in [0.2, 0.25) is 5.88 Å². The van der Waals surface area contributed by atoms with Crippen LogP contribution in [-0.2, 0) is 19.7 Å². The molecule has 1 saturated heterocycles. The Morgan fingerprint density at radius 3 is 2.70 bits per heavy atom. The van der Waals surface area contributed by atoms with Gasteiger partial charge in [-0.25, -0.2) is 14.4 Å². The average molecular weight is 596 g/mol. The predicted molar refractivity (Wildman–Crippen MR) is 157 cm³/mol. The highest BCUT2D eigenvalue weighted by molar-refractivity contribution is 5.91. The highest BCUT2D eigenvalue weighted by Crippen LogP contribution is 2.27. The molecule has 12 heteroatoms. The van der Waals surface area contributed by atoms with Gasteiger partial charge in [-0.3, -0.25) is 9.58 Å². The summed E-state index contributed by atoms with van der Waals surface area (Å²) in [6.45, 7) is 7.00. The summed E-state index contributed by atoms with van der Waals surface area (Å²) in [5.74, 6) is -0.421. The van der Waals surface area contributed by atoms with Crippen molar-refractivity contribution in [3.63, 3.8) is 0 Å². The number of carboxylic acid groups (broad SMARTS) is 1. The Hall–Kier alpha value is -5.02. The first-order valence-electron chi connectivity index (χ1n) is 14.6. The Morgan fingerprint density at radius 1 is 1.16 bits per heavy atom. The maximum atomic E-state index is 14.2. The number of fused-ring (bicyclic) bond motifs is 1. The van der Waals surface area contributed by atoms with E-state index in [0.717, 1.165) is 48.5 Å². The van der Waals surface area contributed by atoms with Crippen molar-refractivity contribution in [2.45, 2.75) is 58.5 Å². The minimum Gasteiger partial charge on any atom is -0.545 e. The van der Waals surface area contributed by atoms with Crippen LogP contribution >= 0.6 is 0 Å². The number of likely N-dealkylation sites (tertiary alicyclic amines) is 1. The molecule has 2 aromatic carbocycles. The fourth-order valence-corrected chi connectivity index (χ4v) is 5.71. The number of aromatic nitrogens is 6. The van der Waals surface area contributed by atoms with Crippen LogP contribution in [0.5, 0.6) is 5.88 Å². The van der Waals surface area contributed by atoms with Gasteiger partial charge in [0.1, 0.15) is 18.2 Å². The molecular weight excluding hydrogens is 563 g/mol. The van der Waals surface area contributed by atoms with E-state index >= 15 is 0 Å². The summed E-state index contributed by atoms with van der Waals surface area (Å²) in [5.41, 5.74) is 3.24. The first-order chi connectivity index (χ1) is 21.3. The number of hydrogen-bond donors (Lipinski definition) is 0. The van der Waals surface area contributed by atoms with Crippen LogP contribution < -0.4 is 9.84 Å². The average Bonchev–Trinajstić information content (AvgIpc) is 3.76. The highest BCUT2D eigenvalue weighted by atomic mass is 19.1. The Bertz CT molecular complexity index is 1840. The molecule has 5 aromatic rings. The second-order valence-electron chi connectivity index (χ2n) is 11.3. The van der Waals surface area contributed by atoms with Crippen LogP contribution in [0, 0.1) is 17.1 Å². The third-order valence-corrected chi connectivity index (χ3v) is 8.12. The molecule has 0 radical (unpaired) electrons. The van der Waals surface area contributed by atoms with Gasteiger partial charge in [-0.2, -0.15) is 5.26 Å². The van der Waals surface area contributed by atoms with Crippen molar-refractivity contribution >= 4 is 17.0 Å². The molecule has 0 spiro atoms. The summed E-state index contributed by atoms with van der Waals surface area (Å²) in [6.07, 6.45) is 7.29. The van der Waals surface area contributed by atoms with E-state index in [-0.39, 0.29) is 29.8 Å². The number of carbonyl (C=O) groups is 1. The maximum absolute atomic E-state index is 14.2. The molecule has 0 amide bonds. The van der Waals surface area contributed by atoms with E-state index in [0.29, 0.717) is 24.5 Å². The van der Waals surface area contributed by atoms with Crippen LogP contribution in [0.15, 0.2) is 61.2 Å². The van der Waals surface area contributed by atoms with Gasteiger partial charge >= 0.3 is 0 Å². The molecule has 1 aliphatic rings. The summed E-state index contributed by atoms with van der Waals surface area (Å²) in [4.78, 5) is 23.2. The molecule has 6 rings (SSSR count). The zero-order valence-corrected chi connectivity index (χ0v) is 24.6. The summed E-state index contributed by atoms with van der Waals surface area (Å²) < 4.78 is 26.0. The third kappa shape index (κ3) is 6.05. The first-order valence-corrected chi connectivity index (χ1v) is 14.6. The predicted octanol–water partition coefficient (Wildman–Crippen LogP) is 3.85. The number of piperidine rings is 1. The zero-order valence-electron chi connectivity index (χ0n) is 24.6. The topological polar surface area (TPSA) is 130 Å². The molecule has 44 heavy (non-hydrogen) atoms. The molecule has 1 aliphatic heterocycles. The smallest absolute Gasteiger partial charge is 0.233 e. The highest BCUT2D eigenvalue weighted by Gasteiger charge is 2.24. The fourth-order valence-electron chi connectivity index (χ4n) is 5.71. The molecule has 226 valence electrons. The number of halogens is 1. The van der Waals surface area contributed by atoms with Crippen molar-refractivity contribution in [2.24, 2.45) is 0 Å². The monoisotopic (exact) mass is 595 g/mol. The zero-order chi connectivity index (χ0) is 30.8. The number of carboxylic acids is 1. The molecule has 0 saturated carbocycles. The Labute approximate surface area is 253 Å². The van der Waals surface area contributed by atoms with Gasteiger partial charge in [0.25, 0.3) is 0 Å². The summed E-state index contributed by atoms with van der Waals surface area (Å²) >= 11 is 0. The lowest BCUT2D eigenvalue weighted by Crippen LogP contribution is -2.35. The lowest BCUT2D eigenvalue weighted by atomic mass is 10.1. The number of nitrogens with zero attached hydrogens (tertiary/aromatic N) is 8. The van der Waals surface area contributed by atoms with Crippen molar-refractivity contribution in [3.8, 4) is 11.9 Å². The Morgan fingerprint density at radius 2 is 1.98 bits per heavy atom. The molecule has 0 atom stereocenters. The number of imidazole rings is 2. The second kappa shape index (κ2) is 12.3. The lowest BCUT2D eigenvalue weighted by molar-refractivity contribution is -0.255. The minimum absolute atomic E-state index is 0.0242. The minimum atomic E-state index is -1.22. The molecule has 4 heterocycles. The van der Waals surface area contributed by atoms with Crippen molar-refractivity contribution in [1.82, 2.24) is 33.8 Å². The molecule has 0 bridgehead atoms. The number of ether oxygens (including phenoxy) is 1. The van der Waals surface area contributed by atoms with E-state index in [1.165, 1.54) is 12.1 Å². The largest absolute Gasteiger partial charge is 0.545 e. The van der Waals surface area contributed by atoms with Gasteiger partial charge in [0.15, 0.2) is 0 Å². The summed E-state index contributed by atoms with van der Waals surface area (Å²) in [6, 6.07) is 13.3. The van der Waals surface area contributed by atoms with Crippen LogP contribution in [0.3, 0.4) is 0 Å². The lowest BCUT2D eigenvalue weighted by Gasteiger charge is -2.31. The van der Waals surface area contributed by atoms with Gasteiger partial charge in [-0.05, 0) is 56.5 Å². The van der Waals surface area contributed by atoms with Crippen LogP contribution in [0.4, 0.5) is 4.39 Å². The van der Waals surface area contributed by atoms with Gasteiger partial charge in [0.05, 0.1) is 59.8 Å². The number of aromatic carboxylic acids is 1. The standard InChI is InChI=1S/C32H33FN8O3/c1-21(2)40-20-35-16-26(40)17-39-29-14-23(32(42)43)5-6-28(29)36-30(39)18-38-10-7-25(8-11-38)41-12-9-31(37-41)44-19-24-4-3-22(15-34)13-27(24)33/h3-6,9,12-14,16,20-21,25H,7-8,10-11,17-19H2,1-2H3,(H,42,43)/p-1. The normalized spacial score (nSPS) is 14.3. The quantitative estimate of drug-likeness (QED) is 0.238. The fraction of sp³-hybridized carbons (Fsp3) is 0.344. The molecule has 0 N–H and O–H groups in total. The number of rotatable bonds is 10. The van der Waals surface area contributed by atoms with E-state index in [1.54, 1.807) is 30.3 Å². The molecular formula is C32H32FN8O3-. The number of benzene rings is 2. The molecule has 3 aromatic heterocycles. The van der Waals surface area contributed by atoms with Gasteiger partial charge in [-0.1, -0.05) is 12.1 Å². The van der Waals surface area contributed by atoms with Crippen LogP contribution in [0.2, 0.25) is 0 Å². The van der Waals surface area contributed by atoms with Gasteiger partial charge < -0.3 is 23.8 Å². The van der Waals surface area contributed by atoms with E-state index in [1.807, 2.05) is 29.5 Å². The van der Waals surface area contributed by atoms with Crippen LogP contribution in [0.1, 0.15) is 71.8 Å². The van der Waals surface area contributed by atoms with E-state index in [9.17, 15) is 14.3 Å². The Balaban J connectivity index is 1.13. The van der Waals surface area contributed by atoms with Crippen LogP contribution in [-0.4, -0.2) is 52.8 Å². The van der Waals surface area contributed by atoms with Crippen molar-refractivity contribution < 1.29 is 19.0 Å². The maximum Gasteiger partial charge on any atom is 0.233 e. The third-order valence-electron chi connectivity index (χ3n) is 8.12. The van der Waals surface area contributed by atoms with E-state index < -0.39 is 11.8 Å². The molecule has 1 fully saturated rings. The summed E-state index contributed by atoms with van der Waals surface area (Å²) in [5, 5.41) is 25.1. The van der Waals surface area contributed by atoms with E-state index in [4.69, 9.17) is 15.0 Å². The molecule has 0 aliphatic carbocycles. The first kappa shape index (κ1) is 29.1. The van der Waals surface area contributed by atoms with E-state index in [2.05, 4.69) is 38.0 Å². The number of carbonyl (C=O) groups excluding carboxylic acids is 1. The van der Waals surface area contributed by atoms with Crippen molar-refractivity contribution in [1.29, 1.82) is 5.26 Å². The van der Waals surface area contributed by atoms with Gasteiger partial charge in [0, 0.05) is 43.2 Å². The number of nitriles is 1. The Kier molecular flexibility index (Phi) is 8.13. The van der Waals surface area contributed by atoms with Gasteiger partial charge in [-0.15, -0.1) is 5.10 Å². The van der Waals surface area contributed by atoms with Crippen molar-refractivity contribution in [3.05, 3.63) is 95.2 Å². The summed E-state index contributed by atoms with van der Waals surface area (Å²) in [7, 11) is 0.